The van der Waals surface area contributed by atoms with Gasteiger partial charge in [-0.1, -0.05) is 231 Å². The summed E-state index contributed by atoms with van der Waals surface area (Å²) in [6.45, 7) is 54.7. The van der Waals surface area contributed by atoms with E-state index in [4.69, 9.17) is 0 Å². The zero-order valence-corrected chi connectivity index (χ0v) is 84.0. The maximum absolute atomic E-state index is 12.7. The number of benzene rings is 6. The van der Waals surface area contributed by atoms with E-state index in [1.807, 2.05) is 230 Å². The molecule has 0 unspecified atom stereocenters. The number of fused-ring (bicyclic) bond motifs is 6. The zero-order valence-electron chi connectivity index (χ0n) is 79.1. The van der Waals surface area contributed by atoms with Gasteiger partial charge < -0.3 is 0 Å². The fourth-order valence-corrected chi connectivity index (χ4v) is 23.2. The van der Waals surface area contributed by atoms with Crippen molar-refractivity contribution < 1.29 is 50.5 Å². The van der Waals surface area contributed by atoms with E-state index in [2.05, 4.69) is 141 Å². The molecular formula is C97H134N12O12S6. The second kappa shape index (κ2) is 42.9. The maximum Gasteiger partial charge on any atom is 0.259 e. The predicted octanol–water partition coefficient (Wildman–Crippen LogP) is 21.0. The van der Waals surface area contributed by atoms with Gasteiger partial charge in [-0.05, 0) is 223 Å². The van der Waals surface area contributed by atoms with E-state index >= 15 is 0 Å². The van der Waals surface area contributed by atoms with Crippen LogP contribution in [0.5, 0.6) is 0 Å². The second-order valence-electron chi connectivity index (χ2n) is 37.4. The van der Waals surface area contributed by atoms with Crippen molar-refractivity contribution in [3.63, 3.8) is 0 Å². The highest BCUT2D eigenvalue weighted by Crippen LogP contribution is 2.37. The molecule has 0 aliphatic carbocycles. The van der Waals surface area contributed by atoms with Crippen molar-refractivity contribution in [3.05, 3.63) is 216 Å². The Balaban J connectivity index is 0.000000209. The molecule has 127 heavy (non-hydrogen) atoms. The van der Waals surface area contributed by atoms with Gasteiger partial charge in [0.25, 0.3) is 50.1 Å². The Morgan fingerprint density at radius 3 is 0.764 bits per heavy atom. The number of aromatic nitrogens is 6. The van der Waals surface area contributed by atoms with E-state index in [1.54, 1.807) is 63.3 Å². The minimum Gasteiger partial charge on any atom is -0.264 e. The summed E-state index contributed by atoms with van der Waals surface area (Å²) in [4.78, 5) is 25.6. The van der Waals surface area contributed by atoms with E-state index in [1.165, 1.54) is 0 Å². The molecule has 0 bridgehead atoms. The van der Waals surface area contributed by atoms with Crippen LogP contribution in [0, 0.1) is 0 Å². The molecule has 0 aliphatic heterocycles. The van der Waals surface area contributed by atoms with E-state index in [-0.39, 0.29) is 59.9 Å². The van der Waals surface area contributed by atoms with Crippen LogP contribution >= 0.6 is 0 Å². The molecule has 0 spiro atoms. The number of pyridine rings is 6. The quantitative estimate of drug-likeness (QED) is 0.0309. The predicted molar refractivity (Wildman–Crippen MR) is 520 cm³/mol. The molecule has 24 nitrogen and oxygen atoms in total. The van der Waals surface area contributed by atoms with Crippen molar-refractivity contribution in [1.29, 1.82) is 0 Å². The highest BCUT2D eigenvalue weighted by atomic mass is 32.2. The van der Waals surface area contributed by atoms with E-state index in [0.717, 1.165) is 72.1 Å². The van der Waals surface area contributed by atoms with E-state index in [0.29, 0.717) is 62.9 Å². The molecule has 12 rings (SSSR count). The summed E-state index contributed by atoms with van der Waals surface area (Å²) in [6, 6.07) is 42.8. The molecule has 1 atom stereocenters. The summed E-state index contributed by atoms with van der Waals surface area (Å²) in [7, 11) is -21.7. The minimum atomic E-state index is -3.66. The average Bonchev–Trinajstić information content (AvgIpc) is 0.769. The zero-order chi connectivity index (χ0) is 95.3. The van der Waals surface area contributed by atoms with Crippen molar-refractivity contribution >= 4 is 125 Å². The fraction of sp³-hybridized carbons (Fsp3) is 0.443. The Morgan fingerprint density at radius 1 is 0.268 bits per heavy atom. The molecule has 12 aromatic rings. The van der Waals surface area contributed by atoms with Gasteiger partial charge in [-0.2, -0.15) is 0 Å². The van der Waals surface area contributed by atoms with Gasteiger partial charge in [0.15, 0.2) is 25.1 Å². The van der Waals surface area contributed by atoms with Crippen molar-refractivity contribution in [3.8, 4) is 0 Å². The van der Waals surface area contributed by atoms with Gasteiger partial charge in [0.2, 0.25) is 10.0 Å². The minimum absolute atomic E-state index is 0.0948. The first kappa shape index (κ1) is 105. The highest BCUT2D eigenvalue weighted by Gasteiger charge is 2.33. The Hall–Kier alpha value is -8.76. The topological polar surface area (TPSA) is 354 Å². The van der Waals surface area contributed by atoms with Crippen molar-refractivity contribution in [2.45, 2.75) is 313 Å². The van der Waals surface area contributed by atoms with Crippen LogP contribution in [-0.2, 0) is 60.1 Å². The molecule has 0 saturated heterocycles. The number of rotatable bonds is 25. The molecule has 0 radical (unpaired) electrons. The number of nitrogens with zero attached hydrogens (tertiary/aromatic N) is 6. The lowest BCUT2D eigenvalue weighted by Gasteiger charge is -2.24. The lowest BCUT2D eigenvalue weighted by Crippen LogP contribution is -2.43. The molecule has 0 aliphatic rings. The molecule has 6 N–H and O–H groups in total. The molecule has 0 fully saturated rings. The molecule has 6 heterocycles. The SMILES string of the molecule is CC(C)NS(=O)(=O)c1ncc(C(C)C)c2ccccc12.CC(C)c1ccc(S(=O)(=O)NC(C)(C)C)c2cnccc12.CC(C)c1cnc(S(=O)(=O)NC(C)(C)C)c2ccccc12.CCC(C)(C)NS(=O)(=O)c1ncc(C(C)C)c2ccccc12.CCC(C)(C)NS(=O)(=O)c1ncc(C(C)C)c2ccccc12.CC[C@@H](C)NS(=O)(=O)c1ncc(C(C)C)c2ccccc12. The van der Waals surface area contributed by atoms with E-state index < -0.39 is 82.3 Å². The number of nitrogens with one attached hydrogen (secondary N) is 6. The third-order valence-corrected chi connectivity index (χ3v) is 30.9. The van der Waals surface area contributed by atoms with Crippen LogP contribution in [0.25, 0.3) is 64.6 Å². The Morgan fingerprint density at radius 2 is 0.512 bits per heavy atom. The molecule has 0 saturated carbocycles. The second-order valence-corrected chi connectivity index (χ2v) is 47.1. The molecule has 690 valence electrons. The first-order valence-electron chi connectivity index (χ1n) is 43.2. The molecule has 6 aromatic heterocycles. The normalized spacial score (nSPS) is 13.1. The Bertz CT molecular complexity index is 6320. The van der Waals surface area contributed by atoms with Crippen LogP contribution in [0.4, 0.5) is 0 Å². The number of hydrogen-bond donors (Lipinski definition) is 6. The summed E-state index contributed by atoms with van der Waals surface area (Å²) in [5, 5.41) is 10.2. The smallest absolute Gasteiger partial charge is 0.259 e. The van der Waals surface area contributed by atoms with Crippen LogP contribution in [0.3, 0.4) is 0 Å². The lowest BCUT2D eigenvalue weighted by atomic mass is 9.97. The van der Waals surface area contributed by atoms with Gasteiger partial charge in [0, 0.05) is 110 Å². The van der Waals surface area contributed by atoms with Gasteiger partial charge in [0.05, 0.1) is 4.90 Å². The summed E-state index contributed by atoms with van der Waals surface area (Å²) < 4.78 is 167. The first-order chi connectivity index (χ1) is 58.8. The first-order valence-corrected chi connectivity index (χ1v) is 52.1. The van der Waals surface area contributed by atoms with Crippen LogP contribution in [-0.4, -0.2) is 115 Å². The summed E-state index contributed by atoms with van der Waals surface area (Å²) >= 11 is 0. The van der Waals surface area contributed by atoms with Gasteiger partial charge >= 0.3 is 0 Å². The van der Waals surface area contributed by atoms with Crippen molar-refractivity contribution in [2.75, 3.05) is 0 Å². The number of sulfonamides is 6. The highest BCUT2D eigenvalue weighted by molar-refractivity contribution is 7.91. The summed E-state index contributed by atoms with van der Waals surface area (Å²) in [5.41, 5.74) is 4.35. The van der Waals surface area contributed by atoms with E-state index in [9.17, 15) is 50.5 Å². The van der Waals surface area contributed by atoms with Crippen molar-refractivity contribution in [2.24, 2.45) is 0 Å². The standard InChI is InChI=1S/2C17H24N2O2S.3C16H22N2O2S.C15H20N2O2S/c2*1-6-17(4,5)19-22(20,21)16-14-10-8-7-9-13(14)15(11-18-16)12(2)3;1-11(2)12-6-7-15(14-10-17-9-8-13(12)14)21(19,20)18-16(3,4)5;1-11(2)14-10-17-15(13-9-7-6-8-12(13)14)21(19,20)18-16(3,4)5;1-5-12(4)18-21(19,20)16-14-9-7-6-8-13(14)15(10-17-16)11(2)3;1-10(2)14-9-16-15(20(18,19)17-11(3)4)13-8-6-5-7-12(13)14/h2*7-12,19H,6H2,1-5H3;2*6-11,18H,1-5H3;6-12,18H,5H2,1-4H3;5-11,17H,1-4H3/t;;;;12-;/m....1./s1. The largest absolute Gasteiger partial charge is 0.264 e. The molecule has 0 amide bonds. The number of hydrogen-bond acceptors (Lipinski definition) is 18. The van der Waals surface area contributed by atoms with Crippen LogP contribution < -0.4 is 28.3 Å². The molecular weight excluding hydrogens is 1720 g/mol. The van der Waals surface area contributed by atoms with Gasteiger partial charge in [0.1, 0.15) is 0 Å². The monoisotopic (exact) mass is 1850 g/mol. The van der Waals surface area contributed by atoms with Crippen LogP contribution in [0.15, 0.2) is 213 Å². The lowest BCUT2D eigenvalue weighted by molar-refractivity contribution is 0.438. The van der Waals surface area contributed by atoms with Crippen LogP contribution in [0.2, 0.25) is 0 Å². The third kappa shape index (κ3) is 27.7. The van der Waals surface area contributed by atoms with Gasteiger partial charge in [-0.3, -0.25) is 4.98 Å². The maximum atomic E-state index is 12.7. The summed E-state index contributed by atoms with van der Waals surface area (Å²) in [6.07, 6.45) is 13.8. The van der Waals surface area contributed by atoms with Gasteiger partial charge in [-0.15, -0.1) is 0 Å². The average molecular weight is 1850 g/mol. The fourth-order valence-electron chi connectivity index (χ4n) is 13.9. The Kier molecular flexibility index (Phi) is 35.5. The van der Waals surface area contributed by atoms with Crippen LogP contribution in [0.1, 0.15) is 282 Å². The summed E-state index contributed by atoms with van der Waals surface area (Å²) in [5.74, 6) is 1.77. The molecule has 30 heteroatoms. The van der Waals surface area contributed by atoms with Gasteiger partial charge in [-0.25, -0.2) is 104 Å². The third-order valence-electron chi connectivity index (χ3n) is 20.9. The molecule has 6 aromatic carbocycles. The van der Waals surface area contributed by atoms with Crippen molar-refractivity contribution in [1.82, 2.24) is 58.2 Å². The Labute approximate surface area is 757 Å².